The number of thiazole rings is 1. The maximum absolute atomic E-state index is 6.16. The van der Waals surface area contributed by atoms with Crippen molar-refractivity contribution in [2.75, 3.05) is 24.7 Å². The molecular weight excluding hydrogens is 617 g/mol. The number of para-hydroxylation sites is 2. The van der Waals surface area contributed by atoms with Gasteiger partial charge in [0.25, 0.3) is 5.01 Å². The van der Waals surface area contributed by atoms with Gasteiger partial charge in [-0.15, -0.1) is 0 Å². The SMILES string of the molecule is C(/C=C/c1sc2ccc3ccccc3c2[n+]1CCOc1ccccc1)=C1/Sc2ccc3ccccc3c2N1CCOc1ccccc1. The van der Waals surface area contributed by atoms with Gasteiger partial charge in [-0.2, -0.15) is 4.57 Å². The number of aromatic nitrogens is 1. The lowest BCUT2D eigenvalue weighted by atomic mass is 10.1. The van der Waals surface area contributed by atoms with E-state index in [0.717, 1.165) is 24.6 Å². The fourth-order valence-electron chi connectivity index (χ4n) is 6.20. The predicted molar refractivity (Wildman–Crippen MR) is 198 cm³/mol. The summed E-state index contributed by atoms with van der Waals surface area (Å²) in [6.07, 6.45) is 6.69. The fourth-order valence-corrected chi connectivity index (χ4v) is 8.43. The predicted octanol–water partition coefficient (Wildman–Crippen LogP) is 10.1. The quantitative estimate of drug-likeness (QED) is 0.138. The van der Waals surface area contributed by atoms with Crippen molar-refractivity contribution in [1.29, 1.82) is 0 Å². The number of hydrogen-bond donors (Lipinski definition) is 0. The first kappa shape index (κ1) is 29.4. The van der Waals surface area contributed by atoms with Crippen LogP contribution in [0.2, 0.25) is 0 Å². The lowest BCUT2D eigenvalue weighted by molar-refractivity contribution is -0.668. The van der Waals surface area contributed by atoms with Gasteiger partial charge in [-0.25, -0.2) is 0 Å². The molecule has 0 spiro atoms. The van der Waals surface area contributed by atoms with Crippen molar-refractivity contribution in [2.24, 2.45) is 0 Å². The van der Waals surface area contributed by atoms with Crippen LogP contribution in [0.5, 0.6) is 11.5 Å². The largest absolute Gasteiger partial charge is 0.492 e. The second kappa shape index (κ2) is 13.4. The van der Waals surface area contributed by atoms with Gasteiger partial charge in [-0.1, -0.05) is 120 Å². The molecule has 0 unspecified atom stereocenters. The van der Waals surface area contributed by atoms with E-state index in [1.807, 2.05) is 83.8 Å². The number of ether oxygens (including phenoxy) is 2. The van der Waals surface area contributed by atoms with Gasteiger partial charge in [0.2, 0.25) is 5.52 Å². The molecule has 0 saturated heterocycles. The second-order valence-electron chi connectivity index (χ2n) is 11.3. The summed E-state index contributed by atoms with van der Waals surface area (Å²) in [6, 6.07) is 46.3. The summed E-state index contributed by atoms with van der Waals surface area (Å²) in [5.74, 6) is 1.78. The van der Waals surface area contributed by atoms with Crippen molar-refractivity contribution < 1.29 is 14.0 Å². The molecule has 0 amide bonds. The molecule has 0 radical (unpaired) electrons. The Morgan fingerprint density at radius 2 is 1.28 bits per heavy atom. The molecule has 1 aliphatic rings. The summed E-state index contributed by atoms with van der Waals surface area (Å²) >= 11 is 3.64. The molecule has 0 saturated carbocycles. The van der Waals surface area contributed by atoms with E-state index in [0.29, 0.717) is 13.2 Å². The zero-order chi connectivity index (χ0) is 31.4. The van der Waals surface area contributed by atoms with Crippen LogP contribution in [0.4, 0.5) is 5.69 Å². The third kappa shape index (κ3) is 6.10. The van der Waals surface area contributed by atoms with E-state index in [2.05, 4.69) is 100 Å². The summed E-state index contributed by atoms with van der Waals surface area (Å²) in [5, 5.41) is 7.39. The van der Waals surface area contributed by atoms with E-state index in [1.54, 1.807) is 0 Å². The van der Waals surface area contributed by atoms with Gasteiger partial charge < -0.3 is 14.4 Å². The van der Waals surface area contributed by atoms with Gasteiger partial charge in [0.05, 0.1) is 22.6 Å². The Hall–Kier alpha value is -5.04. The highest BCUT2D eigenvalue weighted by Gasteiger charge is 2.27. The summed E-state index contributed by atoms with van der Waals surface area (Å²) in [6.45, 7) is 2.65. The molecule has 6 aromatic carbocycles. The molecule has 230 valence electrons. The van der Waals surface area contributed by atoms with Crippen LogP contribution in [0.3, 0.4) is 0 Å². The number of rotatable bonds is 10. The molecule has 7 aromatic rings. The van der Waals surface area contributed by atoms with Gasteiger partial charge >= 0.3 is 0 Å². The van der Waals surface area contributed by atoms with Crippen molar-refractivity contribution in [2.45, 2.75) is 11.4 Å². The molecule has 0 bridgehead atoms. The average molecular weight is 650 g/mol. The minimum absolute atomic E-state index is 0.582. The van der Waals surface area contributed by atoms with Crippen molar-refractivity contribution in [3.8, 4) is 11.5 Å². The van der Waals surface area contributed by atoms with E-state index < -0.39 is 0 Å². The van der Waals surface area contributed by atoms with E-state index in [9.17, 15) is 0 Å². The Labute approximate surface area is 282 Å². The number of benzene rings is 6. The number of nitrogens with zero attached hydrogens (tertiary/aromatic N) is 2. The summed E-state index contributed by atoms with van der Waals surface area (Å²) < 4.78 is 16.0. The minimum Gasteiger partial charge on any atom is -0.492 e. The molecule has 6 heteroatoms. The molecule has 0 aliphatic carbocycles. The molecule has 1 aromatic heterocycles. The van der Waals surface area contributed by atoms with Crippen LogP contribution in [0.1, 0.15) is 5.01 Å². The molecule has 0 atom stereocenters. The highest BCUT2D eigenvalue weighted by atomic mass is 32.2. The summed E-state index contributed by atoms with van der Waals surface area (Å²) in [4.78, 5) is 3.68. The van der Waals surface area contributed by atoms with Crippen molar-refractivity contribution in [1.82, 2.24) is 0 Å². The number of anilines is 1. The van der Waals surface area contributed by atoms with Crippen LogP contribution in [0.15, 0.2) is 156 Å². The van der Waals surface area contributed by atoms with Crippen LogP contribution in [0.25, 0.3) is 37.8 Å². The molecule has 4 nitrogen and oxygen atoms in total. The zero-order valence-corrected chi connectivity index (χ0v) is 27.4. The maximum atomic E-state index is 6.16. The average Bonchev–Trinajstić information content (AvgIpc) is 3.67. The highest BCUT2D eigenvalue weighted by Crippen LogP contribution is 2.49. The van der Waals surface area contributed by atoms with Crippen LogP contribution in [0, 0.1) is 0 Å². The Morgan fingerprint density at radius 3 is 2.04 bits per heavy atom. The first-order chi connectivity index (χ1) is 23.3. The Morgan fingerprint density at radius 1 is 0.638 bits per heavy atom. The first-order valence-electron chi connectivity index (χ1n) is 15.9. The van der Waals surface area contributed by atoms with Gasteiger partial charge in [0.15, 0.2) is 6.54 Å². The van der Waals surface area contributed by atoms with E-state index in [4.69, 9.17) is 9.47 Å². The normalized spacial score (nSPS) is 13.7. The fraction of sp³-hybridized carbons (Fsp3) is 0.0976. The molecule has 0 N–H and O–H groups in total. The Bertz CT molecular complexity index is 2240. The first-order valence-corrected chi connectivity index (χ1v) is 17.5. The molecule has 0 fully saturated rings. The third-order valence-electron chi connectivity index (χ3n) is 8.36. The van der Waals surface area contributed by atoms with Crippen LogP contribution < -0.4 is 18.9 Å². The minimum atomic E-state index is 0.582. The standard InChI is InChI=1S/C41H33N2O2S2/c1-3-14-32(15-4-1)44-28-26-42-38(46-36-24-22-30-12-7-9-18-34(30)40(36)42)20-11-21-39-43(27-29-45-33-16-5-2-6-17-33)41-35-19-10-8-13-31(35)23-25-37(41)47-39/h1-25H,26-29H2/q+1. The Balaban J connectivity index is 1.12. The van der Waals surface area contributed by atoms with Crippen molar-refractivity contribution in [3.05, 3.63) is 156 Å². The number of allylic oxidation sites excluding steroid dienone is 2. The zero-order valence-electron chi connectivity index (χ0n) is 25.8. The van der Waals surface area contributed by atoms with Gasteiger partial charge in [0.1, 0.15) is 29.4 Å². The lowest BCUT2D eigenvalue weighted by Gasteiger charge is -2.22. The number of thioether (sulfide) groups is 1. The Kier molecular flexibility index (Phi) is 8.35. The summed E-state index contributed by atoms with van der Waals surface area (Å²) in [5.41, 5.74) is 2.51. The molecule has 2 heterocycles. The highest BCUT2D eigenvalue weighted by molar-refractivity contribution is 8.03. The van der Waals surface area contributed by atoms with E-state index in [-0.39, 0.29) is 0 Å². The number of hydrogen-bond acceptors (Lipinski definition) is 5. The third-order valence-corrected chi connectivity index (χ3v) is 10.6. The molecular formula is C41H33N2O2S2+. The summed E-state index contributed by atoms with van der Waals surface area (Å²) in [7, 11) is 0. The topological polar surface area (TPSA) is 25.6 Å². The number of fused-ring (bicyclic) bond motifs is 6. The van der Waals surface area contributed by atoms with Gasteiger partial charge in [-0.3, -0.25) is 0 Å². The monoisotopic (exact) mass is 649 g/mol. The van der Waals surface area contributed by atoms with Crippen molar-refractivity contribution >= 4 is 66.6 Å². The van der Waals surface area contributed by atoms with E-state index >= 15 is 0 Å². The lowest BCUT2D eigenvalue weighted by Crippen LogP contribution is -2.38. The van der Waals surface area contributed by atoms with Crippen LogP contribution in [-0.4, -0.2) is 19.8 Å². The molecule has 47 heavy (non-hydrogen) atoms. The van der Waals surface area contributed by atoms with Crippen molar-refractivity contribution in [3.63, 3.8) is 0 Å². The smallest absolute Gasteiger partial charge is 0.262 e. The van der Waals surface area contributed by atoms with Gasteiger partial charge in [-0.05, 0) is 59.3 Å². The van der Waals surface area contributed by atoms with Crippen LogP contribution >= 0.6 is 23.1 Å². The second-order valence-corrected chi connectivity index (χ2v) is 13.4. The molecule has 8 rings (SSSR count). The van der Waals surface area contributed by atoms with Gasteiger partial charge in [0, 0.05) is 16.4 Å². The molecule has 1 aliphatic heterocycles. The van der Waals surface area contributed by atoms with E-state index in [1.165, 1.54) is 52.4 Å². The maximum Gasteiger partial charge on any atom is 0.262 e. The van der Waals surface area contributed by atoms with Crippen LogP contribution in [-0.2, 0) is 6.54 Å².